The summed E-state index contributed by atoms with van der Waals surface area (Å²) in [5, 5.41) is 3.92. The van der Waals surface area contributed by atoms with Gasteiger partial charge in [-0.1, -0.05) is 17.7 Å². The Hall–Kier alpha value is -1.81. The molecule has 0 atom stereocenters. The molecule has 0 aliphatic carbocycles. The summed E-state index contributed by atoms with van der Waals surface area (Å²) in [6, 6.07) is 7.64. The topological polar surface area (TPSA) is 41.1 Å². The molecule has 1 aromatic heterocycles. The molecule has 0 spiro atoms. The predicted octanol–water partition coefficient (Wildman–Crippen LogP) is 4.03. The lowest BCUT2D eigenvalue weighted by molar-refractivity contribution is 0.843. The van der Waals surface area contributed by atoms with Crippen molar-refractivity contribution in [3.63, 3.8) is 0 Å². The lowest BCUT2D eigenvalue weighted by atomic mass is 10.2. The molecule has 1 aromatic carbocycles. The number of benzene rings is 1. The van der Waals surface area contributed by atoms with Crippen LogP contribution >= 0.6 is 11.6 Å². The minimum atomic E-state index is 0.583. The van der Waals surface area contributed by atoms with Crippen LogP contribution in [0.3, 0.4) is 0 Å². The number of hydrogen-bond donors (Lipinski definition) is 1. The van der Waals surface area contributed by atoms with Crippen LogP contribution in [0.15, 0.2) is 30.5 Å². The molecule has 0 aliphatic heterocycles. The first-order valence-electron chi connectivity index (χ1n) is 6.75. The van der Waals surface area contributed by atoms with Crippen LogP contribution < -0.4 is 10.2 Å². The van der Waals surface area contributed by atoms with Gasteiger partial charge < -0.3 is 10.2 Å². The number of anilines is 3. The van der Waals surface area contributed by atoms with E-state index >= 15 is 0 Å². The molecule has 0 amide bonds. The van der Waals surface area contributed by atoms with Crippen molar-refractivity contribution in [1.29, 1.82) is 0 Å². The van der Waals surface area contributed by atoms with E-state index in [9.17, 15) is 0 Å². The Labute approximate surface area is 124 Å². The highest BCUT2D eigenvalue weighted by atomic mass is 35.5. The Bertz CT molecular complexity index is 582. The van der Waals surface area contributed by atoms with Crippen LogP contribution in [0.1, 0.15) is 19.4 Å². The summed E-state index contributed by atoms with van der Waals surface area (Å²) in [7, 11) is 0. The quantitative estimate of drug-likeness (QED) is 0.903. The van der Waals surface area contributed by atoms with Crippen molar-refractivity contribution < 1.29 is 0 Å². The average Bonchev–Trinajstić information content (AvgIpc) is 2.45. The Morgan fingerprint density at radius 3 is 2.65 bits per heavy atom. The summed E-state index contributed by atoms with van der Waals surface area (Å²) in [6.07, 6.45) is 1.77. The van der Waals surface area contributed by atoms with E-state index in [0.29, 0.717) is 11.0 Å². The summed E-state index contributed by atoms with van der Waals surface area (Å²) in [4.78, 5) is 11.0. The van der Waals surface area contributed by atoms with Crippen molar-refractivity contribution >= 4 is 29.1 Å². The molecule has 2 rings (SSSR count). The maximum Gasteiger partial charge on any atom is 0.229 e. The molecule has 20 heavy (non-hydrogen) atoms. The predicted molar refractivity (Wildman–Crippen MR) is 85.1 cm³/mol. The fraction of sp³-hybridized carbons (Fsp3) is 0.333. The van der Waals surface area contributed by atoms with Gasteiger partial charge in [-0.15, -0.1) is 0 Å². The van der Waals surface area contributed by atoms with E-state index in [-0.39, 0.29) is 0 Å². The summed E-state index contributed by atoms with van der Waals surface area (Å²) in [5.41, 5.74) is 2.03. The molecule has 1 N–H and O–H groups in total. The molecule has 1 heterocycles. The van der Waals surface area contributed by atoms with Gasteiger partial charge >= 0.3 is 0 Å². The highest BCUT2D eigenvalue weighted by Gasteiger charge is 2.06. The third-order valence-corrected chi connectivity index (χ3v) is 3.41. The molecular formula is C15H19ClN4. The van der Waals surface area contributed by atoms with Gasteiger partial charge in [0.25, 0.3) is 0 Å². The Morgan fingerprint density at radius 1 is 1.20 bits per heavy atom. The molecular weight excluding hydrogens is 272 g/mol. The fourth-order valence-electron chi connectivity index (χ4n) is 1.98. The van der Waals surface area contributed by atoms with Gasteiger partial charge in [0.2, 0.25) is 5.95 Å². The van der Waals surface area contributed by atoms with Gasteiger partial charge in [-0.25, -0.2) is 4.98 Å². The maximum atomic E-state index is 6.02. The van der Waals surface area contributed by atoms with Gasteiger partial charge in [0.05, 0.1) is 0 Å². The van der Waals surface area contributed by atoms with Gasteiger partial charge in [0.1, 0.15) is 5.82 Å². The molecule has 5 heteroatoms. The largest absolute Gasteiger partial charge is 0.357 e. The standard InChI is InChI=1S/C15H19ClN4/c1-4-20(5-2)14-8-9-17-15(19-14)18-13-10-12(16)7-6-11(13)3/h6-10H,4-5H2,1-3H3,(H,17,18,19). The number of nitrogens with zero attached hydrogens (tertiary/aromatic N) is 3. The van der Waals surface area contributed by atoms with Gasteiger partial charge in [0, 0.05) is 30.0 Å². The van der Waals surface area contributed by atoms with Crippen molar-refractivity contribution in [1.82, 2.24) is 9.97 Å². The average molecular weight is 291 g/mol. The third-order valence-electron chi connectivity index (χ3n) is 3.17. The van der Waals surface area contributed by atoms with Crippen LogP contribution in [0.25, 0.3) is 0 Å². The second-order valence-electron chi connectivity index (χ2n) is 4.49. The molecule has 0 saturated carbocycles. The number of hydrogen-bond acceptors (Lipinski definition) is 4. The number of aromatic nitrogens is 2. The van der Waals surface area contributed by atoms with E-state index in [0.717, 1.165) is 30.2 Å². The van der Waals surface area contributed by atoms with Crippen LogP contribution in [0.2, 0.25) is 5.02 Å². The minimum absolute atomic E-state index is 0.583. The van der Waals surface area contributed by atoms with Crippen LogP contribution in [0.4, 0.5) is 17.5 Å². The third kappa shape index (κ3) is 3.39. The van der Waals surface area contributed by atoms with E-state index < -0.39 is 0 Å². The first-order valence-corrected chi connectivity index (χ1v) is 7.13. The van der Waals surface area contributed by atoms with Crippen molar-refractivity contribution in [2.45, 2.75) is 20.8 Å². The first kappa shape index (κ1) is 14.6. The summed E-state index contributed by atoms with van der Waals surface area (Å²) in [6.45, 7) is 8.08. The zero-order chi connectivity index (χ0) is 14.5. The van der Waals surface area contributed by atoms with Crippen LogP contribution in [0.5, 0.6) is 0 Å². The van der Waals surface area contributed by atoms with E-state index in [1.54, 1.807) is 6.20 Å². The molecule has 0 aliphatic rings. The fourth-order valence-corrected chi connectivity index (χ4v) is 2.15. The SMILES string of the molecule is CCN(CC)c1ccnc(Nc2cc(Cl)ccc2C)n1. The van der Waals surface area contributed by atoms with Crippen molar-refractivity contribution in [3.05, 3.63) is 41.0 Å². The molecule has 0 bridgehead atoms. The monoisotopic (exact) mass is 290 g/mol. The summed E-state index contributed by atoms with van der Waals surface area (Å²) >= 11 is 6.02. The van der Waals surface area contributed by atoms with Gasteiger partial charge in [-0.2, -0.15) is 4.98 Å². The van der Waals surface area contributed by atoms with E-state index in [1.165, 1.54) is 0 Å². The normalized spacial score (nSPS) is 10.4. The second kappa shape index (κ2) is 6.57. The zero-order valence-corrected chi connectivity index (χ0v) is 12.8. The molecule has 2 aromatic rings. The number of halogens is 1. The van der Waals surface area contributed by atoms with Crippen molar-refractivity contribution in [2.75, 3.05) is 23.3 Å². The molecule has 106 valence electrons. The van der Waals surface area contributed by atoms with E-state index in [2.05, 4.69) is 34.0 Å². The molecule has 0 fully saturated rings. The highest BCUT2D eigenvalue weighted by Crippen LogP contribution is 2.23. The van der Waals surface area contributed by atoms with Crippen molar-refractivity contribution in [3.8, 4) is 0 Å². The Kier molecular flexibility index (Phi) is 4.79. The van der Waals surface area contributed by atoms with Crippen LogP contribution in [-0.4, -0.2) is 23.1 Å². The molecule has 0 saturated heterocycles. The molecule has 4 nitrogen and oxygen atoms in total. The smallest absolute Gasteiger partial charge is 0.229 e. The number of rotatable bonds is 5. The summed E-state index contributed by atoms with van der Waals surface area (Å²) < 4.78 is 0. The Balaban J connectivity index is 2.25. The highest BCUT2D eigenvalue weighted by molar-refractivity contribution is 6.30. The Morgan fingerprint density at radius 2 is 1.95 bits per heavy atom. The van der Waals surface area contributed by atoms with E-state index in [4.69, 9.17) is 11.6 Å². The van der Waals surface area contributed by atoms with Gasteiger partial charge in [0.15, 0.2) is 0 Å². The lowest BCUT2D eigenvalue weighted by Gasteiger charge is -2.20. The number of aryl methyl sites for hydroxylation is 1. The maximum absolute atomic E-state index is 6.02. The zero-order valence-electron chi connectivity index (χ0n) is 12.0. The summed E-state index contributed by atoms with van der Waals surface area (Å²) in [5.74, 6) is 1.51. The van der Waals surface area contributed by atoms with E-state index in [1.807, 2.05) is 31.2 Å². The van der Waals surface area contributed by atoms with Crippen molar-refractivity contribution in [2.24, 2.45) is 0 Å². The first-order chi connectivity index (χ1) is 9.63. The minimum Gasteiger partial charge on any atom is -0.357 e. The molecule has 0 radical (unpaired) electrons. The lowest BCUT2D eigenvalue weighted by Crippen LogP contribution is -2.23. The van der Waals surface area contributed by atoms with Crippen LogP contribution in [0, 0.1) is 6.92 Å². The van der Waals surface area contributed by atoms with Crippen LogP contribution in [-0.2, 0) is 0 Å². The van der Waals surface area contributed by atoms with Gasteiger partial charge in [-0.3, -0.25) is 0 Å². The van der Waals surface area contributed by atoms with Gasteiger partial charge in [-0.05, 0) is 44.5 Å². The molecule has 0 unspecified atom stereocenters. The second-order valence-corrected chi connectivity index (χ2v) is 4.93. The number of nitrogens with one attached hydrogen (secondary N) is 1.